The van der Waals surface area contributed by atoms with Gasteiger partial charge in [-0.3, -0.25) is 4.79 Å². The van der Waals surface area contributed by atoms with Gasteiger partial charge in [0, 0.05) is 0 Å². The summed E-state index contributed by atoms with van der Waals surface area (Å²) in [6.45, 7) is 6.75. The first kappa shape index (κ1) is 12.0. The molecule has 1 saturated heterocycles. The number of rotatable bonds is 2. The Labute approximate surface area is 88.8 Å². The SMILES string of the molecule is C[C@@H](O)[C@H]1C(=O)N[C@@H]1C(=O)OC(C)(C)C. The van der Waals surface area contributed by atoms with Gasteiger partial charge in [0.2, 0.25) is 5.91 Å². The van der Waals surface area contributed by atoms with Gasteiger partial charge in [0.05, 0.1) is 12.0 Å². The second-order valence-electron chi connectivity index (χ2n) is 4.79. The lowest BCUT2D eigenvalue weighted by atomic mass is 9.86. The number of amides is 1. The zero-order valence-corrected chi connectivity index (χ0v) is 9.40. The number of β-lactam (4-membered cyclic amide) rings is 1. The maximum Gasteiger partial charge on any atom is 0.330 e. The molecule has 0 aromatic heterocycles. The smallest absolute Gasteiger partial charge is 0.330 e. The lowest BCUT2D eigenvalue weighted by Crippen LogP contribution is -2.66. The quantitative estimate of drug-likeness (QED) is 0.495. The highest BCUT2D eigenvalue weighted by molar-refractivity contribution is 5.97. The minimum Gasteiger partial charge on any atom is -0.458 e. The fraction of sp³-hybridized carbons (Fsp3) is 0.800. The first-order valence-electron chi connectivity index (χ1n) is 4.93. The summed E-state index contributed by atoms with van der Waals surface area (Å²) in [6, 6.07) is -0.711. The molecule has 1 fully saturated rings. The molecule has 15 heavy (non-hydrogen) atoms. The molecule has 3 atom stereocenters. The third-order valence-corrected chi connectivity index (χ3v) is 2.14. The molecule has 1 rings (SSSR count). The van der Waals surface area contributed by atoms with Crippen LogP contribution < -0.4 is 5.32 Å². The number of hydrogen-bond acceptors (Lipinski definition) is 4. The van der Waals surface area contributed by atoms with E-state index in [9.17, 15) is 14.7 Å². The second kappa shape index (κ2) is 3.81. The molecule has 1 aliphatic rings. The highest BCUT2D eigenvalue weighted by Crippen LogP contribution is 2.22. The summed E-state index contributed by atoms with van der Waals surface area (Å²) < 4.78 is 5.11. The van der Waals surface area contributed by atoms with E-state index in [1.807, 2.05) is 0 Å². The second-order valence-corrected chi connectivity index (χ2v) is 4.79. The van der Waals surface area contributed by atoms with Crippen LogP contribution in [0.4, 0.5) is 0 Å². The minimum absolute atomic E-state index is 0.305. The van der Waals surface area contributed by atoms with Crippen molar-refractivity contribution < 1.29 is 19.4 Å². The lowest BCUT2D eigenvalue weighted by Gasteiger charge is -2.37. The molecule has 0 spiro atoms. The van der Waals surface area contributed by atoms with E-state index in [2.05, 4.69) is 5.32 Å². The van der Waals surface area contributed by atoms with Crippen LogP contribution >= 0.6 is 0 Å². The van der Waals surface area contributed by atoms with Crippen LogP contribution in [0.15, 0.2) is 0 Å². The summed E-state index contributed by atoms with van der Waals surface area (Å²) >= 11 is 0. The predicted octanol–water partition coefficient (Wildman–Crippen LogP) is -0.177. The lowest BCUT2D eigenvalue weighted by molar-refractivity contribution is -0.170. The van der Waals surface area contributed by atoms with Gasteiger partial charge in [0.15, 0.2) is 0 Å². The van der Waals surface area contributed by atoms with Gasteiger partial charge in [0.1, 0.15) is 11.6 Å². The van der Waals surface area contributed by atoms with Crippen molar-refractivity contribution in [3.63, 3.8) is 0 Å². The number of hydrogen-bond donors (Lipinski definition) is 2. The molecule has 0 saturated carbocycles. The molecule has 0 aliphatic carbocycles. The van der Waals surface area contributed by atoms with Crippen molar-refractivity contribution in [3.8, 4) is 0 Å². The fourth-order valence-corrected chi connectivity index (χ4v) is 1.46. The van der Waals surface area contributed by atoms with E-state index in [4.69, 9.17) is 4.74 Å². The Hall–Kier alpha value is -1.10. The Bertz CT molecular complexity index is 280. The first-order valence-corrected chi connectivity index (χ1v) is 4.93. The Morgan fingerprint density at radius 1 is 1.53 bits per heavy atom. The van der Waals surface area contributed by atoms with Crippen LogP contribution in [0.2, 0.25) is 0 Å². The summed E-state index contributed by atoms with van der Waals surface area (Å²) in [5, 5.41) is 11.7. The largest absolute Gasteiger partial charge is 0.458 e. The molecule has 1 amide bonds. The van der Waals surface area contributed by atoms with Gasteiger partial charge in [-0.25, -0.2) is 4.79 Å². The fourth-order valence-electron chi connectivity index (χ4n) is 1.46. The third-order valence-electron chi connectivity index (χ3n) is 2.14. The van der Waals surface area contributed by atoms with Gasteiger partial charge < -0.3 is 15.2 Å². The van der Waals surface area contributed by atoms with Crippen molar-refractivity contribution >= 4 is 11.9 Å². The van der Waals surface area contributed by atoms with Crippen LogP contribution in [0.5, 0.6) is 0 Å². The molecule has 1 heterocycles. The molecule has 0 aromatic rings. The van der Waals surface area contributed by atoms with Crippen LogP contribution in [0.25, 0.3) is 0 Å². The third kappa shape index (κ3) is 2.68. The maximum absolute atomic E-state index is 11.6. The number of carbonyl (C=O) groups excluding carboxylic acids is 2. The van der Waals surface area contributed by atoms with Crippen molar-refractivity contribution in [2.24, 2.45) is 5.92 Å². The van der Waals surface area contributed by atoms with Crippen LogP contribution in [0, 0.1) is 5.92 Å². The number of ether oxygens (including phenoxy) is 1. The van der Waals surface area contributed by atoms with E-state index in [0.717, 1.165) is 0 Å². The van der Waals surface area contributed by atoms with Crippen molar-refractivity contribution in [2.75, 3.05) is 0 Å². The van der Waals surface area contributed by atoms with E-state index in [-0.39, 0.29) is 5.91 Å². The molecule has 0 radical (unpaired) electrons. The molecule has 0 aromatic carbocycles. The van der Waals surface area contributed by atoms with E-state index < -0.39 is 29.6 Å². The normalized spacial score (nSPS) is 27.7. The molecular weight excluding hydrogens is 198 g/mol. The molecule has 5 heteroatoms. The average molecular weight is 215 g/mol. The maximum atomic E-state index is 11.6. The van der Waals surface area contributed by atoms with E-state index >= 15 is 0 Å². The Balaban J connectivity index is 2.59. The van der Waals surface area contributed by atoms with Crippen LogP contribution in [-0.2, 0) is 14.3 Å². The molecule has 1 aliphatic heterocycles. The number of esters is 1. The summed E-state index contributed by atoms with van der Waals surface area (Å²) in [5.74, 6) is -1.48. The standard InChI is InChI=1S/C10H17NO4/c1-5(12)6-7(11-8(6)13)9(14)15-10(2,3)4/h5-7,12H,1-4H3,(H,11,13)/t5-,6-,7+/m1/s1. The van der Waals surface area contributed by atoms with E-state index in [0.29, 0.717) is 0 Å². The molecule has 5 nitrogen and oxygen atoms in total. The molecule has 2 N–H and O–H groups in total. The predicted molar refractivity (Wildman–Crippen MR) is 52.9 cm³/mol. The van der Waals surface area contributed by atoms with Gasteiger partial charge in [-0.15, -0.1) is 0 Å². The van der Waals surface area contributed by atoms with Crippen molar-refractivity contribution in [1.82, 2.24) is 5.32 Å². The average Bonchev–Trinajstić information content (AvgIpc) is 1.94. The molecule has 86 valence electrons. The van der Waals surface area contributed by atoms with Gasteiger partial charge in [-0.1, -0.05) is 0 Å². The zero-order chi connectivity index (χ0) is 11.8. The molecule has 0 bridgehead atoms. The highest BCUT2D eigenvalue weighted by atomic mass is 16.6. The molecular formula is C10H17NO4. The highest BCUT2D eigenvalue weighted by Gasteiger charge is 2.48. The Kier molecular flexibility index (Phi) is 3.04. The summed E-state index contributed by atoms with van der Waals surface area (Å²) in [7, 11) is 0. The van der Waals surface area contributed by atoms with Crippen molar-refractivity contribution in [1.29, 1.82) is 0 Å². The van der Waals surface area contributed by atoms with Gasteiger partial charge in [0.25, 0.3) is 0 Å². The van der Waals surface area contributed by atoms with E-state index in [1.54, 1.807) is 20.8 Å². The summed E-state index contributed by atoms with van der Waals surface area (Å²) in [4.78, 5) is 22.6. The number of nitrogens with one attached hydrogen (secondary N) is 1. The van der Waals surface area contributed by atoms with Crippen LogP contribution in [-0.4, -0.2) is 34.7 Å². The van der Waals surface area contributed by atoms with Gasteiger partial charge >= 0.3 is 5.97 Å². The zero-order valence-electron chi connectivity index (χ0n) is 9.40. The number of carbonyl (C=O) groups is 2. The first-order chi connectivity index (χ1) is 6.72. The summed E-state index contributed by atoms with van der Waals surface area (Å²) in [5.41, 5.74) is -0.583. The van der Waals surface area contributed by atoms with E-state index in [1.165, 1.54) is 6.92 Å². The Morgan fingerprint density at radius 2 is 2.07 bits per heavy atom. The topological polar surface area (TPSA) is 75.6 Å². The van der Waals surface area contributed by atoms with Crippen LogP contribution in [0.3, 0.4) is 0 Å². The number of aliphatic hydroxyl groups excluding tert-OH is 1. The monoisotopic (exact) mass is 215 g/mol. The number of aliphatic hydroxyl groups is 1. The van der Waals surface area contributed by atoms with Gasteiger partial charge in [-0.05, 0) is 27.7 Å². The van der Waals surface area contributed by atoms with Crippen molar-refractivity contribution in [2.45, 2.75) is 45.4 Å². The minimum atomic E-state index is -0.837. The molecule has 0 unspecified atom stereocenters. The van der Waals surface area contributed by atoms with Crippen LogP contribution in [0.1, 0.15) is 27.7 Å². The summed E-state index contributed by atoms with van der Waals surface area (Å²) in [6.07, 6.45) is -0.837. The van der Waals surface area contributed by atoms with Gasteiger partial charge in [-0.2, -0.15) is 0 Å². The van der Waals surface area contributed by atoms with Crippen molar-refractivity contribution in [3.05, 3.63) is 0 Å². The Morgan fingerprint density at radius 3 is 2.40 bits per heavy atom.